The fraction of sp³-hybridized carbons (Fsp3) is 0.917. The van der Waals surface area contributed by atoms with Crippen molar-refractivity contribution in [1.82, 2.24) is 5.32 Å². The Morgan fingerprint density at radius 3 is 2.62 bits per heavy atom. The van der Waals surface area contributed by atoms with Crippen molar-refractivity contribution in [3.8, 4) is 0 Å². The van der Waals surface area contributed by atoms with Crippen LogP contribution in [0.2, 0.25) is 0 Å². The van der Waals surface area contributed by atoms with Crippen LogP contribution in [0, 0.1) is 0 Å². The summed E-state index contributed by atoms with van der Waals surface area (Å²) in [7, 11) is 0. The normalized spacial score (nSPS) is 17.9. The van der Waals surface area contributed by atoms with Gasteiger partial charge in [0.25, 0.3) is 0 Å². The van der Waals surface area contributed by atoms with Crippen molar-refractivity contribution in [1.29, 1.82) is 0 Å². The van der Waals surface area contributed by atoms with E-state index in [1.807, 2.05) is 6.92 Å². The number of esters is 1. The lowest BCUT2D eigenvalue weighted by atomic mass is 10.00. The molecular formula is C12H23NO3. The predicted molar refractivity (Wildman–Crippen MR) is 62.3 cm³/mol. The van der Waals surface area contributed by atoms with E-state index in [1.165, 1.54) is 0 Å². The number of ether oxygens (including phenoxy) is 2. The largest absolute Gasteiger partial charge is 0.466 e. The van der Waals surface area contributed by atoms with E-state index >= 15 is 0 Å². The Balaban J connectivity index is 1.86. The molecule has 0 saturated carbocycles. The van der Waals surface area contributed by atoms with Gasteiger partial charge in [-0.1, -0.05) is 6.42 Å². The minimum absolute atomic E-state index is 0.0567. The van der Waals surface area contributed by atoms with E-state index < -0.39 is 0 Å². The zero-order valence-corrected chi connectivity index (χ0v) is 10.4. The molecule has 0 radical (unpaired) electrons. The van der Waals surface area contributed by atoms with Crippen molar-refractivity contribution in [3.63, 3.8) is 0 Å². The SMILES string of the molecule is CCOC(=O)CCCCCOC1(C)CNC1. The van der Waals surface area contributed by atoms with Crippen molar-refractivity contribution in [2.75, 3.05) is 26.3 Å². The Morgan fingerprint density at radius 1 is 1.31 bits per heavy atom. The van der Waals surface area contributed by atoms with E-state index in [1.54, 1.807) is 0 Å². The molecule has 94 valence electrons. The van der Waals surface area contributed by atoms with Crippen LogP contribution < -0.4 is 5.32 Å². The summed E-state index contributed by atoms with van der Waals surface area (Å²) in [5, 5.41) is 3.20. The summed E-state index contributed by atoms with van der Waals surface area (Å²) in [6.45, 7) is 7.14. The van der Waals surface area contributed by atoms with Gasteiger partial charge >= 0.3 is 5.97 Å². The van der Waals surface area contributed by atoms with Crippen LogP contribution in [0.1, 0.15) is 39.5 Å². The van der Waals surface area contributed by atoms with Crippen LogP contribution in [0.5, 0.6) is 0 Å². The Morgan fingerprint density at radius 2 is 2.06 bits per heavy atom. The molecule has 1 aliphatic rings. The molecule has 1 N–H and O–H groups in total. The Kier molecular flexibility index (Phi) is 5.77. The minimum Gasteiger partial charge on any atom is -0.466 e. The van der Waals surface area contributed by atoms with Crippen LogP contribution in [0.25, 0.3) is 0 Å². The Bertz CT molecular complexity index is 214. The summed E-state index contributed by atoms with van der Waals surface area (Å²) < 4.78 is 10.6. The third-order valence-electron chi connectivity index (χ3n) is 2.78. The molecule has 0 atom stereocenters. The van der Waals surface area contributed by atoms with E-state index in [4.69, 9.17) is 9.47 Å². The number of unbranched alkanes of at least 4 members (excludes halogenated alkanes) is 2. The number of rotatable bonds is 8. The molecule has 4 heteroatoms. The average molecular weight is 229 g/mol. The van der Waals surface area contributed by atoms with Gasteiger partial charge in [-0.05, 0) is 26.7 Å². The smallest absolute Gasteiger partial charge is 0.305 e. The zero-order valence-electron chi connectivity index (χ0n) is 10.4. The molecule has 1 rings (SSSR count). The van der Waals surface area contributed by atoms with Crippen LogP contribution in [0.3, 0.4) is 0 Å². The zero-order chi connectivity index (χ0) is 11.9. The highest BCUT2D eigenvalue weighted by atomic mass is 16.5. The fourth-order valence-electron chi connectivity index (χ4n) is 1.68. The maximum Gasteiger partial charge on any atom is 0.305 e. The molecule has 0 unspecified atom stereocenters. The van der Waals surface area contributed by atoms with Crippen molar-refractivity contribution < 1.29 is 14.3 Å². The molecule has 0 amide bonds. The number of carbonyl (C=O) groups excluding carboxylic acids is 1. The van der Waals surface area contributed by atoms with Crippen LogP contribution >= 0.6 is 0 Å². The number of hydrogen-bond acceptors (Lipinski definition) is 4. The summed E-state index contributed by atoms with van der Waals surface area (Å²) in [5.74, 6) is -0.0847. The second-order valence-corrected chi connectivity index (χ2v) is 4.52. The summed E-state index contributed by atoms with van der Waals surface area (Å²) in [6.07, 6.45) is 3.49. The van der Waals surface area contributed by atoms with Gasteiger partial charge < -0.3 is 14.8 Å². The quantitative estimate of drug-likeness (QED) is 0.506. The third kappa shape index (κ3) is 4.94. The number of carbonyl (C=O) groups is 1. The fourth-order valence-corrected chi connectivity index (χ4v) is 1.68. The van der Waals surface area contributed by atoms with Gasteiger partial charge in [0.1, 0.15) is 0 Å². The highest BCUT2D eigenvalue weighted by Crippen LogP contribution is 2.15. The van der Waals surface area contributed by atoms with Gasteiger partial charge in [0.2, 0.25) is 0 Å². The number of hydrogen-bond donors (Lipinski definition) is 1. The third-order valence-corrected chi connectivity index (χ3v) is 2.78. The Labute approximate surface area is 97.7 Å². The Hall–Kier alpha value is -0.610. The molecule has 1 heterocycles. The average Bonchev–Trinajstić information content (AvgIpc) is 2.21. The molecule has 0 aromatic carbocycles. The van der Waals surface area contributed by atoms with E-state index in [2.05, 4.69) is 12.2 Å². The molecule has 0 aliphatic carbocycles. The molecular weight excluding hydrogens is 206 g/mol. The van der Waals surface area contributed by atoms with Crippen molar-refractivity contribution >= 4 is 5.97 Å². The van der Waals surface area contributed by atoms with Gasteiger partial charge in [0.05, 0.1) is 12.2 Å². The lowest BCUT2D eigenvalue weighted by molar-refractivity contribution is -0.143. The van der Waals surface area contributed by atoms with E-state index in [0.717, 1.165) is 39.0 Å². The van der Waals surface area contributed by atoms with Gasteiger partial charge in [0.15, 0.2) is 0 Å². The lowest BCUT2D eigenvalue weighted by Crippen LogP contribution is -2.59. The van der Waals surface area contributed by atoms with Crippen LogP contribution in [0.4, 0.5) is 0 Å². The van der Waals surface area contributed by atoms with Crippen LogP contribution in [-0.4, -0.2) is 37.9 Å². The minimum atomic E-state index is -0.0847. The predicted octanol–water partition coefficient (Wildman–Crippen LogP) is 1.49. The summed E-state index contributed by atoms with van der Waals surface area (Å²) in [5.41, 5.74) is 0.0567. The molecule has 0 spiro atoms. The summed E-state index contributed by atoms with van der Waals surface area (Å²) >= 11 is 0. The van der Waals surface area contributed by atoms with E-state index in [9.17, 15) is 4.79 Å². The molecule has 1 aliphatic heterocycles. The molecule has 0 aromatic rings. The summed E-state index contributed by atoms with van der Waals surface area (Å²) in [4.78, 5) is 11.0. The first kappa shape index (κ1) is 13.5. The molecule has 0 bridgehead atoms. The second-order valence-electron chi connectivity index (χ2n) is 4.52. The first-order valence-corrected chi connectivity index (χ1v) is 6.16. The lowest BCUT2D eigenvalue weighted by Gasteiger charge is -2.39. The molecule has 1 saturated heterocycles. The monoisotopic (exact) mass is 229 g/mol. The van der Waals surface area contributed by atoms with Crippen LogP contribution in [0.15, 0.2) is 0 Å². The highest BCUT2D eigenvalue weighted by molar-refractivity contribution is 5.69. The molecule has 4 nitrogen and oxygen atoms in total. The van der Waals surface area contributed by atoms with Crippen LogP contribution in [-0.2, 0) is 14.3 Å². The maximum absolute atomic E-state index is 11.0. The summed E-state index contributed by atoms with van der Waals surface area (Å²) in [6, 6.07) is 0. The maximum atomic E-state index is 11.0. The first-order chi connectivity index (χ1) is 7.66. The van der Waals surface area contributed by atoms with Crippen molar-refractivity contribution in [2.45, 2.75) is 45.1 Å². The molecule has 16 heavy (non-hydrogen) atoms. The highest BCUT2D eigenvalue weighted by Gasteiger charge is 2.31. The van der Waals surface area contributed by atoms with Gasteiger partial charge in [-0.25, -0.2) is 0 Å². The van der Waals surface area contributed by atoms with E-state index in [-0.39, 0.29) is 11.6 Å². The van der Waals surface area contributed by atoms with Crippen molar-refractivity contribution in [3.05, 3.63) is 0 Å². The second kappa shape index (κ2) is 6.86. The molecule has 1 fully saturated rings. The first-order valence-electron chi connectivity index (χ1n) is 6.16. The van der Waals surface area contributed by atoms with Gasteiger partial charge in [-0.15, -0.1) is 0 Å². The van der Waals surface area contributed by atoms with E-state index in [0.29, 0.717) is 13.0 Å². The number of nitrogens with one attached hydrogen (secondary N) is 1. The topological polar surface area (TPSA) is 47.6 Å². The van der Waals surface area contributed by atoms with Gasteiger partial charge in [-0.3, -0.25) is 4.79 Å². The van der Waals surface area contributed by atoms with Crippen molar-refractivity contribution in [2.24, 2.45) is 0 Å². The van der Waals surface area contributed by atoms with Gasteiger partial charge in [-0.2, -0.15) is 0 Å². The van der Waals surface area contributed by atoms with Gasteiger partial charge in [0, 0.05) is 26.1 Å². The standard InChI is InChI=1S/C12H23NO3/c1-3-15-11(14)7-5-4-6-8-16-12(2)9-13-10-12/h13H,3-10H2,1-2H3. The molecule has 0 aromatic heterocycles.